The largest absolute Gasteiger partial charge is 0.508 e. The molecule has 0 spiro atoms. The number of aromatic hydroxyl groups is 1. The van der Waals surface area contributed by atoms with E-state index in [1.807, 2.05) is 18.2 Å². The van der Waals surface area contributed by atoms with Crippen molar-refractivity contribution in [3.8, 4) is 5.75 Å². The molecule has 0 unspecified atom stereocenters. The first-order valence-electron chi connectivity index (χ1n) is 5.79. The number of hydrogen-bond donors (Lipinski definition) is 2. The van der Waals surface area contributed by atoms with E-state index >= 15 is 0 Å². The lowest BCUT2D eigenvalue weighted by atomic mass is 10.2. The van der Waals surface area contributed by atoms with Crippen LogP contribution in [0.25, 0.3) is 11.0 Å². The summed E-state index contributed by atoms with van der Waals surface area (Å²) in [5.74, 6) is 0.220. The van der Waals surface area contributed by atoms with E-state index in [9.17, 15) is 9.90 Å². The van der Waals surface area contributed by atoms with Crippen molar-refractivity contribution >= 4 is 27.0 Å². The Morgan fingerprint density at radius 2 is 1.89 bits per heavy atom. The van der Waals surface area contributed by atoms with Gasteiger partial charge in [-0.25, -0.2) is 4.79 Å². The number of fused-ring (bicyclic) bond motifs is 1. The van der Waals surface area contributed by atoms with E-state index in [1.54, 1.807) is 28.8 Å². The van der Waals surface area contributed by atoms with Crippen molar-refractivity contribution < 1.29 is 5.11 Å². The van der Waals surface area contributed by atoms with Crippen LogP contribution in [0.5, 0.6) is 5.75 Å². The highest BCUT2D eigenvalue weighted by Crippen LogP contribution is 2.18. The SMILES string of the molecule is O=c1[nH]c2ccc(Br)cc2n1Cc1ccc(O)cc1. The summed E-state index contributed by atoms with van der Waals surface area (Å²) in [6.45, 7) is 0.468. The molecule has 3 rings (SSSR count). The van der Waals surface area contributed by atoms with Gasteiger partial charge in [-0.2, -0.15) is 0 Å². The standard InChI is InChI=1S/C14H11BrN2O2/c15-10-3-6-12-13(7-10)17(14(19)16-12)8-9-1-4-11(18)5-2-9/h1-7,18H,8H2,(H,16,19). The Kier molecular flexibility index (Phi) is 2.91. The van der Waals surface area contributed by atoms with E-state index in [0.717, 1.165) is 21.1 Å². The Bertz CT molecular complexity index is 787. The monoisotopic (exact) mass is 318 g/mol. The van der Waals surface area contributed by atoms with Gasteiger partial charge in [0.2, 0.25) is 0 Å². The van der Waals surface area contributed by atoms with E-state index in [-0.39, 0.29) is 11.4 Å². The number of phenols is 1. The average Bonchev–Trinajstić information content (AvgIpc) is 2.69. The summed E-state index contributed by atoms with van der Waals surface area (Å²) in [7, 11) is 0. The second-order valence-electron chi connectivity index (χ2n) is 4.34. The highest BCUT2D eigenvalue weighted by molar-refractivity contribution is 9.10. The topological polar surface area (TPSA) is 58.0 Å². The summed E-state index contributed by atoms with van der Waals surface area (Å²) in [5.41, 5.74) is 2.49. The molecule has 0 atom stereocenters. The van der Waals surface area contributed by atoms with Gasteiger partial charge in [0, 0.05) is 4.47 Å². The van der Waals surface area contributed by atoms with Gasteiger partial charge in [0.05, 0.1) is 17.6 Å². The van der Waals surface area contributed by atoms with Gasteiger partial charge in [-0.1, -0.05) is 28.1 Å². The molecule has 0 aliphatic heterocycles. The number of benzene rings is 2. The Balaban J connectivity index is 2.09. The maximum atomic E-state index is 12.0. The molecular weight excluding hydrogens is 308 g/mol. The summed E-state index contributed by atoms with van der Waals surface area (Å²) in [4.78, 5) is 14.8. The zero-order valence-electron chi connectivity index (χ0n) is 9.93. The molecular formula is C14H11BrN2O2. The van der Waals surface area contributed by atoms with Crippen LogP contribution in [0.3, 0.4) is 0 Å². The number of halogens is 1. The predicted molar refractivity (Wildman–Crippen MR) is 77.5 cm³/mol. The lowest BCUT2D eigenvalue weighted by Gasteiger charge is -2.04. The lowest BCUT2D eigenvalue weighted by Crippen LogP contribution is -2.17. The predicted octanol–water partition coefficient (Wildman–Crippen LogP) is 2.85. The van der Waals surface area contributed by atoms with Crippen LogP contribution in [-0.4, -0.2) is 14.7 Å². The van der Waals surface area contributed by atoms with Crippen LogP contribution in [0.1, 0.15) is 5.56 Å². The third kappa shape index (κ3) is 2.29. The van der Waals surface area contributed by atoms with Gasteiger partial charge in [0.1, 0.15) is 5.75 Å². The molecule has 0 radical (unpaired) electrons. The second kappa shape index (κ2) is 4.59. The summed E-state index contributed by atoms with van der Waals surface area (Å²) in [6, 6.07) is 12.5. The number of hydrogen-bond acceptors (Lipinski definition) is 2. The van der Waals surface area contributed by atoms with Gasteiger partial charge < -0.3 is 10.1 Å². The quantitative estimate of drug-likeness (QED) is 0.763. The van der Waals surface area contributed by atoms with Crippen LogP contribution < -0.4 is 5.69 Å². The molecule has 0 saturated carbocycles. The first-order chi connectivity index (χ1) is 9.13. The molecule has 1 aromatic heterocycles. The molecule has 19 heavy (non-hydrogen) atoms. The van der Waals surface area contributed by atoms with E-state index in [0.29, 0.717) is 6.54 Å². The van der Waals surface area contributed by atoms with Gasteiger partial charge in [-0.05, 0) is 35.9 Å². The summed E-state index contributed by atoms with van der Waals surface area (Å²) < 4.78 is 2.60. The minimum Gasteiger partial charge on any atom is -0.508 e. The number of imidazole rings is 1. The fourth-order valence-corrected chi connectivity index (χ4v) is 2.42. The number of phenolic OH excluding ortho intramolecular Hbond substituents is 1. The van der Waals surface area contributed by atoms with Crippen molar-refractivity contribution in [3.05, 3.63) is 63.0 Å². The Labute approximate surface area is 117 Å². The first-order valence-corrected chi connectivity index (χ1v) is 6.59. The van der Waals surface area contributed by atoms with Crippen LogP contribution in [0.4, 0.5) is 0 Å². The molecule has 0 saturated heterocycles. The number of H-pyrrole nitrogens is 1. The number of nitrogens with one attached hydrogen (secondary N) is 1. The molecule has 1 heterocycles. The van der Waals surface area contributed by atoms with Crippen LogP contribution in [-0.2, 0) is 6.54 Å². The Hall–Kier alpha value is -2.01. The molecule has 0 bridgehead atoms. The third-order valence-electron chi connectivity index (χ3n) is 3.01. The van der Waals surface area contributed by atoms with Crippen LogP contribution in [0.2, 0.25) is 0 Å². The zero-order chi connectivity index (χ0) is 13.4. The molecule has 0 amide bonds. The first kappa shape index (κ1) is 12.0. The van der Waals surface area contributed by atoms with Gasteiger partial charge in [-0.3, -0.25) is 4.57 Å². The fraction of sp³-hybridized carbons (Fsp3) is 0.0714. The van der Waals surface area contributed by atoms with Crippen molar-refractivity contribution in [2.75, 3.05) is 0 Å². The van der Waals surface area contributed by atoms with Gasteiger partial charge in [0.25, 0.3) is 0 Å². The highest BCUT2D eigenvalue weighted by Gasteiger charge is 2.07. The summed E-state index contributed by atoms with van der Waals surface area (Å²) in [6.07, 6.45) is 0. The lowest BCUT2D eigenvalue weighted by molar-refractivity contribution is 0.475. The number of rotatable bonds is 2. The summed E-state index contributed by atoms with van der Waals surface area (Å²) in [5, 5.41) is 9.26. The molecule has 0 aliphatic carbocycles. The van der Waals surface area contributed by atoms with Crippen molar-refractivity contribution in [2.24, 2.45) is 0 Å². The fourth-order valence-electron chi connectivity index (χ4n) is 2.07. The van der Waals surface area contributed by atoms with Crippen molar-refractivity contribution in [3.63, 3.8) is 0 Å². The minimum atomic E-state index is -0.138. The molecule has 0 fully saturated rings. The van der Waals surface area contributed by atoms with E-state index in [4.69, 9.17) is 0 Å². The molecule has 2 aromatic carbocycles. The van der Waals surface area contributed by atoms with E-state index < -0.39 is 0 Å². The Morgan fingerprint density at radius 3 is 2.63 bits per heavy atom. The summed E-state index contributed by atoms with van der Waals surface area (Å²) >= 11 is 3.41. The van der Waals surface area contributed by atoms with Crippen LogP contribution in [0.15, 0.2) is 51.7 Å². The number of nitrogens with zero attached hydrogens (tertiary/aromatic N) is 1. The third-order valence-corrected chi connectivity index (χ3v) is 3.51. The van der Waals surface area contributed by atoms with Crippen molar-refractivity contribution in [2.45, 2.75) is 6.54 Å². The zero-order valence-corrected chi connectivity index (χ0v) is 11.5. The van der Waals surface area contributed by atoms with Gasteiger partial charge in [-0.15, -0.1) is 0 Å². The van der Waals surface area contributed by atoms with E-state index in [1.165, 1.54) is 0 Å². The van der Waals surface area contributed by atoms with Crippen molar-refractivity contribution in [1.82, 2.24) is 9.55 Å². The van der Waals surface area contributed by atoms with Gasteiger partial charge in [0.15, 0.2) is 0 Å². The molecule has 2 N–H and O–H groups in total. The maximum Gasteiger partial charge on any atom is 0.326 e. The highest BCUT2D eigenvalue weighted by atomic mass is 79.9. The average molecular weight is 319 g/mol. The number of aromatic amines is 1. The molecule has 4 nitrogen and oxygen atoms in total. The van der Waals surface area contributed by atoms with E-state index in [2.05, 4.69) is 20.9 Å². The molecule has 0 aliphatic rings. The minimum absolute atomic E-state index is 0.138. The molecule has 5 heteroatoms. The maximum absolute atomic E-state index is 12.0. The van der Waals surface area contributed by atoms with Gasteiger partial charge >= 0.3 is 5.69 Å². The smallest absolute Gasteiger partial charge is 0.326 e. The second-order valence-corrected chi connectivity index (χ2v) is 5.26. The van der Waals surface area contributed by atoms with Crippen LogP contribution >= 0.6 is 15.9 Å². The van der Waals surface area contributed by atoms with Crippen LogP contribution in [0, 0.1) is 0 Å². The Morgan fingerprint density at radius 1 is 1.16 bits per heavy atom. The molecule has 96 valence electrons. The number of aromatic nitrogens is 2. The molecule has 3 aromatic rings. The normalized spacial score (nSPS) is 11.0. The van der Waals surface area contributed by atoms with Crippen molar-refractivity contribution in [1.29, 1.82) is 0 Å².